The Balaban J connectivity index is 1.19. The van der Waals surface area contributed by atoms with Crippen molar-refractivity contribution >= 4 is 11.6 Å². The number of nitrogens with one attached hydrogen (secondary N) is 1. The molecule has 2 aromatic rings. The molecule has 0 saturated heterocycles. The monoisotopic (exact) mass is 354 g/mol. The lowest BCUT2D eigenvalue weighted by molar-refractivity contribution is -0.146. The molecule has 0 aliphatic heterocycles. The Bertz CT molecular complexity index is 861. The van der Waals surface area contributed by atoms with Gasteiger partial charge < -0.3 is 5.32 Å². The third kappa shape index (κ3) is 2.58. The van der Waals surface area contributed by atoms with Crippen LogP contribution in [-0.4, -0.2) is 26.6 Å². The molecule has 4 aliphatic carbocycles. The molecule has 2 heterocycles. The number of carbonyl (C=O) groups excluding carboxylic acids is 1. The van der Waals surface area contributed by atoms with Crippen LogP contribution in [0.15, 0.2) is 29.2 Å². The van der Waals surface area contributed by atoms with E-state index >= 15 is 0 Å². The van der Waals surface area contributed by atoms with Crippen molar-refractivity contribution in [2.75, 3.05) is 6.54 Å². The summed E-state index contributed by atoms with van der Waals surface area (Å²) in [6, 6.07) is 5.52. The predicted molar refractivity (Wildman–Crippen MR) is 97.7 cm³/mol. The van der Waals surface area contributed by atoms with Gasteiger partial charge in [-0.1, -0.05) is 6.07 Å². The Kier molecular flexibility index (Phi) is 3.69. The molecular weight excluding hydrogens is 328 g/mol. The maximum Gasteiger partial charge on any atom is 0.350 e. The molecule has 0 atom stereocenters. The standard InChI is InChI=1S/C20H26N4O2/c25-18(20-11-14-8-15(12-20)10-16(9-14)13-20)21-5-3-7-24-19(26)23-6-2-1-4-17(23)22-24/h1-2,4,6,14-16H,3,5,7-13H2,(H,21,25). The average Bonchev–Trinajstić information content (AvgIpc) is 2.94. The molecule has 138 valence electrons. The Morgan fingerprint density at radius 3 is 2.50 bits per heavy atom. The lowest BCUT2D eigenvalue weighted by Gasteiger charge is -2.55. The largest absolute Gasteiger partial charge is 0.356 e. The van der Waals surface area contributed by atoms with Gasteiger partial charge >= 0.3 is 5.69 Å². The van der Waals surface area contributed by atoms with Gasteiger partial charge in [-0.25, -0.2) is 9.48 Å². The lowest BCUT2D eigenvalue weighted by Crippen LogP contribution is -2.53. The van der Waals surface area contributed by atoms with E-state index in [1.54, 1.807) is 10.6 Å². The van der Waals surface area contributed by atoms with E-state index in [0.29, 0.717) is 18.7 Å². The SMILES string of the molecule is O=C(NCCCn1nc2ccccn2c1=O)C12CC3CC(CC(C3)C1)C2. The second kappa shape index (κ2) is 5.96. The van der Waals surface area contributed by atoms with Crippen LogP contribution in [0, 0.1) is 23.2 Å². The average molecular weight is 354 g/mol. The van der Waals surface area contributed by atoms with Crippen molar-refractivity contribution in [1.82, 2.24) is 19.5 Å². The molecule has 4 bridgehead atoms. The van der Waals surface area contributed by atoms with Gasteiger partial charge in [-0.2, -0.15) is 0 Å². The number of hydrogen-bond donors (Lipinski definition) is 1. The molecule has 0 spiro atoms. The fraction of sp³-hybridized carbons (Fsp3) is 0.650. The van der Waals surface area contributed by atoms with Gasteiger partial charge in [0.05, 0.1) is 0 Å². The topological polar surface area (TPSA) is 68.4 Å². The highest BCUT2D eigenvalue weighted by atomic mass is 16.2. The first kappa shape index (κ1) is 16.1. The van der Waals surface area contributed by atoms with E-state index < -0.39 is 0 Å². The van der Waals surface area contributed by atoms with E-state index in [2.05, 4.69) is 10.4 Å². The normalized spacial score (nSPS) is 32.2. The summed E-state index contributed by atoms with van der Waals surface area (Å²) in [6.07, 6.45) is 9.79. The van der Waals surface area contributed by atoms with E-state index in [1.807, 2.05) is 18.2 Å². The van der Waals surface area contributed by atoms with Crippen LogP contribution in [0.25, 0.3) is 5.65 Å². The first-order chi connectivity index (χ1) is 12.6. The molecule has 0 unspecified atom stereocenters. The van der Waals surface area contributed by atoms with Crippen LogP contribution in [0.2, 0.25) is 0 Å². The Morgan fingerprint density at radius 2 is 1.85 bits per heavy atom. The van der Waals surface area contributed by atoms with Crippen molar-refractivity contribution in [3.8, 4) is 0 Å². The van der Waals surface area contributed by atoms with Crippen LogP contribution in [0.1, 0.15) is 44.9 Å². The summed E-state index contributed by atoms with van der Waals surface area (Å²) < 4.78 is 3.04. The van der Waals surface area contributed by atoms with Gasteiger partial charge in [-0.15, -0.1) is 5.10 Å². The van der Waals surface area contributed by atoms with Crippen LogP contribution in [0.3, 0.4) is 0 Å². The van der Waals surface area contributed by atoms with Crippen LogP contribution in [0.5, 0.6) is 0 Å². The van der Waals surface area contributed by atoms with Gasteiger partial charge in [-0.3, -0.25) is 9.20 Å². The molecule has 4 saturated carbocycles. The third-order valence-electron chi connectivity index (χ3n) is 6.84. The Labute approximate surface area is 152 Å². The molecule has 0 aromatic carbocycles. The van der Waals surface area contributed by atoms with Crippen molar-refractivity contribution in [1.29, 1.82) is 0 Å². The lowest BCUT2D eigenvalue weighted by atomic mass is 9.49. The molecular formula is C20H26N4O2. The highest BCUT2D eigenvalue weighted by molar-refractivity contribution is 5.83. The van der Waals surface area contributed by atoms with Crippen molar-refractivity contribution in [3.05, 3.63) is 34.9 Å². The van der Waals surface area contributed by atoms with Crippen molar-refractivity contribution in [3.63, 3.8) is 0 Å². The molecule has 1 N–H and O–H groups in total. The maximum absolute atomic E-state index is 12.9. The predicted octanol–water partition coefficient (Wildman–Crippen LogP) is 2.22. The van der Waals surface area contributed by atoms with Crippen LogP contribution in [0.4, 0.5) is 0 Å². The van der Waals surface area contributed by atoms with Gasteiger partial charge in [-0.05, 0) is 74.8 Å². The summed E-state index contributed by atoms with van der Waals surface area (Å²) in [6.45, 7) is 1.14. The second-order valence-corrected chi connectivity index (χ2v) is 8.74. The summed E-state index contributed by atoms with van der Waals surface area (Å²) in [5.74, 6) is 2.61. The van der Waals surface area contributed by atoms with Gasteiger partial charge in [0.25, 0.3) is 0 Å². The third-order valence-corrected chi connectivity index (χ3v) is 6.84. The smallest absolute Gasteiger partial charge is 0.350 e. The molecule has 26 heavy (non-hydrogen) atoms. The van der Waals surface area contributed by atoms with Gasteiger partial charge in [0.15, 0.2) is 5.65 Å². The van der Waals surface area contributed by atoms with Crippen LogP contribution < -0.4 is 11.0 Å². The molecule has 6 nitrogen and oxygen atoms in total. The minimum atomic E-state index is -0.118. The molecule has 1 amide bonds. The highest BCUT2D eigenvalue weighted by Gasteiger charge is 2.54. The quantitative estimate of drug-likeness (QED) is 0.837. The van der Waals surface area contributed by atoms with Crippen molar-refractivity contribution in [2.45, 2.75) is 51.5 Å². The number of pyridine rings is 1. The van der Waals surface area contributed by atoms with Gasteiger partial charge in [0.2, 0.25) is 5.91 Å². The number of rotatable bonds is 5. The Morgan fingerprint density at radius 1 is 1.15 bits per heavy atom. The number of aryl methyl sites for hydroxylation is 1. The number of nitrogens with zero attached hydrogens (tertiary/aromatic N) is 3. The van der Waals surface area contributed by atoms with Crippen LogP contribution >= 0.6 is 0 Å². The minimum absolute atomic E-state index is 0.0886. The first-order valence-electron chi connectivity index (χ1n) is 9.95. The zero-order valence-electron chi connectivity index (χ0n) is 15.1. The number of carbonyl (C=O) groups is 1. The minimum Gasteiger partial charge on any atom is -0.356 e. The zero-order chi connectivity index (χ0) is 17.7. The van der Waals surface area contributed by atoms with E-state index in [4.69, 9.17) is 0 Å². The fourth-order valence-corrected chi connectivity index (χ4v) is 6.12. The maximum atomic E-state index is 12.9. The summed E-state index contributed by atoms with van der Waals surface area (Å²) in [5, 5.41) is 7.51. The van der Waals surface area contributed by atoms with Crippen molar-refractivity contribution < 1.29 is 4.79 Å². The van der Waals surface area contributed by atoms with Gasteiger partial charge in [0.1, 0.15) is 0 Å². The van der Waals surface area contributed by atoms with E-state index in [-0.39, 0.29) is 17.0 Å². The summed E-state index contributed by atoms with van der Waals surface area (Å²) in [5.41, 5.74) is 0.456. The second-order valence-electron chi connectivity index (χ2n) is 8.74. The highest BCUT2D eigenvalue weighted by Crippen LogP contribution is 2.60. The number of aromatic nitrogens is 3. The van der Waals surface area contributed by atoms with E-state index in [9.17, 15) is 9.59 Å². The van der Waals surface area contributed by atoms with Gasteiger partial charge in [0, 0.05) is 24.7 Å². The first-order valence-corrected chi connectivity index (χ1v) is 9.95. The molecule has 6 rings (SSSR count). The zero-order valence-corrected chi connectivity index (χ0v) is 15.1. The van der Waals surface area contributed by atoms with Crippen molar-refractivity contribution in [2.24, 2.45) is 23.2 Å². The molecule has 0 radical (unpaired) electrons. The summed E-state index contributed by atoms with van der Waals surface area (Å²) >= 11 is 0. The molecule has 4 aliphatic rings. The number of amides is 1. The van der Waals surface area contributed by atoms with E-state index in [0.717, 1.165) is 43.4 Å². The summed E-state index contributed by atoms with van der Waals surface area (Å²) in [4.78, 5) is 25.2. The van der Waals surface area contributed by atoms with E-state index in [1.165, 1.54) is 23.9 Å². The molecule has 2 aromatic heterocycles. The number of hydrogen-bond acceptors (Lipinski definition) is 3. The Hall–Kier alpha value is -2.11. The molecule has 6 heteroatoms. The number of fused-ring (bicyclic) bond motifs is 1. The molecule has 4 fully saturated rings. The fourth-order valence-electron chi connectivity index (χ4n) is 6.12. The summed E-state index contributed by atoms with van der Waals surface area (Å²) in [7, 11) is 0. The van der Waals surface area contributed by atoms with Crippen LogP contribution in [-0.2, 0) is 11.3 Å².